The smallest absolute Gasteiger partial charge is 0.188 e. The summed E-state index contributed by atoms with van der Waals surface area (Å²) in [6.45, 7) is 13.8. The maximum atomic E-state index is 5.75. The minimum Gasteiger partial charge on any atom is -0.467 e. The van der Waals surface area contributed by atoms with Gasteiger partial charge in [-0.25, -0.2) is 0 Å². The van der Waals surface area contributed by atoms with Gasteiger partial charge in [-0.1, -0.05) is 45.4 Å². The number of ether oxygens (including phenoxy) is 2. The van der Waals surface area contributed by atoms with Crippen molar-refractivity contribution in [3.05, 3.63) is 63.2 Å². The Morgan fingerprint density at radius 3 is 2.37 bits per heavy atom. The number of hydrogen-bond donors (Lipinski definition) is 0. The van der Waals surface area contributed by atoms with Crippen LogP contribution in [0.2, 0.25) is 0 Å². The van der Waals surface area contributed by atoms with E-state index in [2.05, 4.69) is 65.8 Å². The number of aryl methyl sites for hydroxylation is 2. The zero-order valence-corrected chi connectivity index (χ0v) is 18.2. The van der Waals surface area contributed by atoms with Crippen molar-refractivity contribution in [2.45, 2.75) is 73.1 Å². The van der Waals surface area contributed by atoms with E-state index in [4.69, 9.17) is 9.47 Å². The van der Waals surface area contributed by atoms with Crippen molar-refractivity contribution in [1.82, 2.24) is 0 Å². The summed E-state index contributed by atoms with van der Waals surface area (Å²) in [4.78, 5) is 0. The summed E-state index contributed by atoms with van der Waals surface area (Å²) in [6, 6.07) is 8.99. The maximum absolute atomic E-state index is 5.75. The van der Waals surface area contributed by atoms with Gasteiger partial charge in [0.05, 0.1) is 0 Å². The fourth-order valence-electron chi connectivity index (χ4n) is 3.74. The molecule has 0 aromatic heterocycles. The number of methoxy groups -OCH3 is 1. The molecular formula is C25H36O2. The second kappa shape index (κ2) is 9.94. The Kier molecular flexibility index (Phi) is 7.91. The van der Waals surface area contributed by atoms with E-state index in [1.807, 2.05) is 0 Å². The molecule has 0 radical (unpaired) electrons. The average molecular weight is 369 g/mol. The highest BCUT2D eigenvalue weighted by molar-refractivity contribution is 5.48. The molecule has 0 unspecified atom stereocenters. The molecule has 0 saturated heterocycles. The Labute approximate surface area is 165 Å². The third-order valence-electron chi connectivity index (χ3n) is 5.57. The van der Waals surface area contributed by atoms with Gasteiger partial charge in [0.1, 0.15) is 5.75 Å². The Morgan fingerprint density at radius 2 is 1.74 bits per heavy atom. The molecule has 0 atom stereocenters. The molecule has 2 heteroatoms. The summed E-state index contributed by atoms with van der Waals surface area (Å²) in [7, 11) is 1.65. The van der Waals surface area contributed by atoms with E-state index in [1.54, 1.807) is 7.11 Å². The van der Waals surface area contributed by atoms with Crippen LogP contribution in [-0.2, 0) is 17.6 Å². The van der Waals surface area contributed by atoms with Crippen LogP contribution in [0.3, 0.4) is 0 Å². The van der Waals surface area contributed by atoms with Gasteiger partial charge in [-0.15, -0.1) is 0 Å². The lowest BCUT2D eigenvalue weighted by molar-refractivity contribution is 0.0502. The first kappa shape index (κ1) is 21.5. The van der Waals surface area contributed by atoms with E-state index in [0.717, 1.165) is 12.2 Å². The lowest BCUT2D eigenvalue weighted by atomic mass is 9.87. The SMILES string of the molecule is CCCCc1cc(C)c(Cc2ccc(OCOC)c(C(C)C)c2)c(C)c1C. The normalized spacial score (nSPS) is 11.3. The van der Waals surface area contributed by atoms with Gasteiger partial charge >= 0.3 is 0 Å². The second-order valence-corrected chi connectivity index (χ2v) is 7.94. The fourth-order valence-corrected chi connectivity index (χ4v) is 3.74. The van der Waals surface area contributed by atoms with Gasteiger partial charge in [0.15, 0.2) is 6.79 Å². The van der Waals surface area contributed by atoms with Crippen LogP contribution in [0.4, 0.5) is 0 Å². The molecule has 0 bridgehead atoms. The van der Waals surface area contributed by atoms with Crippen LogP contribution in [0.15, 0.2) is 24.3 Å². The number of unbranched alkanes of at least 4 members (excludes halogenated alkanes) is 1. The highest BCUT2D eigenvalue weighted by Crippen LogP contribution is 2.30. The van der Waals surface area contributed by atoms with Crippen LogP contribution in [0, 0.1) is 20.8 Å². The largest absolute Gasteiger partial charge is 0.467 e. The highest BCUT2D eigenvalue weighted by atomic mass is 16.7. The molecule has 0 spiro atoms. The highest BCUT2D eigenvalue weighted by Gasteiger charge is 2.13. The Bertz CT molecular complexity index is 759. The Balaban J connectivity index is 2.33. The van der Waals surface area contributed by atoms with Crippen molar-refractivity contribution in [2.75, 3.05) is 13.9 Å². The first-order valence-electron chi connectivity index (χ1n) is 10.2. The second-order valence-electron chi connectivity index (χ2n) is 7.94. The monoisotopic (exact) mass is 368 g/mol. The van der Waals surface area contributed by atoms with E-state index >= 15 is 0 Å². The van der Waals surface area contributed by atoms with Crippen molar-refractivity contribution < 1.29 is 9.47 Å². The fraction of sp³-hybridized carbons (Fsp3) is 0.520. The van der Waals surface area contributed by atoms with Crippen LogP contribution in [0.1, 0.15) is 78.5 Å². The van der Waals surface area contributed by atoms with Gasteiger partial charge in [0.2, 0.25) is 0 Å². The van der Waals surface area contributed by atoms with E-state index in [-0.39, 0.29) is 6.79 Å². The minimum atomic E-state index is 0.287. The van der Waals surface area contributed by atoms with E-state index in [0.29, 0.717) is 5.92 Å². The third-order valence-corrected chi connectivity index (χ3v) is 5.57. The van der Waals surface area contributed by atoms with E-state index < -0.39 is 0 Å². The molecule has 148 valence electrons. The molecule has 27 heavy (non-hydrogen) atoms. The Morgan fingerprint density at radius 1 is 1.00 bits per heavy atom. The summed E-state index contributed by atoms with van der Waals surface area (Å²) >= 11 is 0. The van der Waals surface area contributed by atoms with Gasteiger partial charge in [-0.2, -0.15) is 0 Å². The van der Waals surface area contributed by atoms with Crippen LogP contribution in [0.25, 0.3) is 0 Å². The zero-order chi connectivity index (χ0) is 20.0. The van der Waals surface area contributed by atoms with Gasteiger partial charge < -0.3 is 9.47 Å². The summed E-state index contributed by atoms with van der Waals surface area (Å²) in [5.74, 6) is 1.34. The molecule has 0 aliphatic rings. The van der Waals surface area contributed by atoms with Gasteiger partial charge in [0, 0.05) is 7.11 Å². The first-order chi connectivity index (χ1) is 12.9. The molecule has 2 nitrogen and oxygen atoms in total. The van der Waals surface area contributed by atoms with Crippen molar-refractivity contribution in [3.63, 3.8) is 0 Å². The third kappa shape index (κ3) is 5.35. The molecule has 0 heterocycles. The van der Waals surface area contributed by atoms with Crippen molar-refractivity contribution in [3.8, 4) is 5.75 Å². The summed E-state index contributed by atoms with van der Waals surface area (Å²) in [5, 5.41) is 0. The average Bonchev–Trinajstić information content (AvgIpc) is 2.65. The van der Waals surface area contributed by atoms with Gasteiger partial charge in [-0.3, -0.25) is 0 Å². The summed E-state index contributed by atoms with van der Waals surface area (Å²) in [5.41, 5.74) is 9.90. The minimum absolute atomic E-state index is 0.287. The maximum Gasteiger partial charge on any atom is 0.188 e. The zero-order valence-electron chi connectivity index (χ0n) is 18.2. The quantitative estimate of drug-likeness (QED) is 0.461. The number of hydrogen-bond acceptors (Lipinski definition) is 2. The standard InChI is InChI=1S/C25H36O2/c1-8-9-10-22-13-18(4)24(20(6)19(22)5)15-21-11-12-25(27-16-26-7)23(14-21)17(2)3/h11-14,17H,8-10,15-16H2,1-7H3. The van der Waals surface area contributed by atoms with Crippen molar-refractivity contribution >= 4 is 0 Å². The Hall–Kier alpha value is -1.80. The predicted molar refractivity (Wildman–Crippen MR) is 115 cm³/mol. The first-order valence-corrected chi connectivity index (χ1v) is 10.2. The molecule has 0 aliphatic carbocycles. The molecule has 2 aromatic carbocycles. The molecule has 2 rings (SSSR count). The number of benzene rings is 2. The van der Waals surface area contributed by atoms with E-state index in [1.165, 1.54) is 58.2 Å². The predicted octanol–water partition coefficient (Wildman–Crippen LogP) is 6.65. The molecule has 2 aromatic rings. The van der Waals surface area contributed by atoms with Crippen LogP contribution in [0.5, 0.6) is 5.75 Å². The topological polar surface area (TPSA) is 18.5 Å². The molecular weight excluding hydrogens is 332 g/mol. The van der Waals surface area contributed by atoms with Gasteiger partial charge in [-0.05, 0) is 91.0 Å². The van der Waals surface area contributed by atoms with Gasteiger partial charge in [0.25, 0.3) is 0 Å². The van der Waals surface area contributed by atoms with E-state index in [9.17, 15) is 0 Å². The number of rotatable bonds is 9. The molecule has 0 fully saturated rings. The van der Waals surface area contributed by atoms with Crippen LogP contribution in [-0.4, -0.2) is 13.9 Å². The molecule has 0 amide bonds. The van der Waals surface area contributed by atoms with Crippen LogP contribution < -0.4 is 4.74 Å². The summed E-state index contributed by atoms with van der Waals surface area (Å²) in [6.07, 6.45) is 4.67. The molecule has 0 aliphatic heterocycles. The van der Waals surface area contributed by atoms with Crippen molar-refractivity contribution in [1.29, 1.82) is 0 Å². The van der Waals surface area contributed by atoms with Crippen LogP contribution >= 0.6 is 0 Å². The summed E-state index contributed by atoms with van der Waals surface area (Å²) < 4.78 is 10.8. The molecule has 0 saturated carbocycles. The lowest BCUT2D eigenvalue weighted by Crippen LogP contribution is -2.05. The van der Waals surface area contributed by atoms with Crippen molar-refractivity contribution in [2.24, 2.45) is 0 Å². The lowest BCUT2D eigenvalue weighted by Gasteiger charge is -2.19. The molecule has 0 N–H and O–H groups in total.